The molecule has 0 amide bonds. The molecule has 4 saturated carbocycles. The molecule has 0 aromatic heterocycles. The van der Waals surface area contributed by atoms with Gasteiger partial charge in [-0.2, -0.15) is 0 Å². The lowest BCUT2D eigenvalue weighted by Gasteiger charge is -2.54. The van der Waals surface area contributed by atoms with Gasteiger partial charge in [-0.15, -0.1) is 10.2 Å². The average molecular weight is 355 g/mol. The van der Waals surface area contributed by atoms with E-state index in [-0.39, 0.29) is 5.54 Å². The summed E-state index contributed by atoms with van der Waals surface area (Å²) in [6.45, 7) is 0. The fourth-order valence-corrected chi connectivity index (χ4v) is 5.72. The van der Waals surface area contributed by atoms with Crippen LogP contribution in [0.15, 0.2) is 75.9 Å². The topological polar surface area (TPSA) is 37.1 Å². The van der Waals surface area contributed by atoms with E-state index in [1.54, 1.807) is 0 Å². The Balaban J connectivity index is 1.50. The maximum atomic E-state index is 5.06. The van der Waals surface area contributed by atoms with Gasteiger partial charge in [0.2, 0.25) is 0 Å². The second-order valence-electron chi connectivity index (χ2n) is 8.62. The SMILES string of the molecule is C(=NC12CC3CC(CC(C3)C1)C2)=C(N=Nc1ccccc1)c1ccccc1. The first-order chi connectivity index (χ1) is 13.3. The van der Waals surface area contributed by atoms with Crippen LogP contribution in [0, 0.1) is 17.8 Å². The molecule has 0 radical (unpaired) electrons. The van der Waals surface area contributed by atoms with Crippen molar-refractivity contribution in [3.8, 4) is 0 Å². The number of benzene rings is 2. The molecule has 0 unspecified atom stereocenters. The summed E-state index contributed by atoms with van der Waals surface area (Å²) in [5.41, 5.74) is 2.71. The van der Waals surface area contributed by atoms with E-state index in [0.717, 1.165) is 34.7 Å². The van der Waals surface area contributed by atoms with Gasteiger partial charge in [0, 0.05) is 11.4 Å². The van der Waals surface area contributed by atoms with Gasteiger partial charge < -0.3 is 0 Å². The van der Waals surface area contributed by atoms with Crippen molar-refractivity contribution in [2.45, 2.75) is 44.1 Å². The van der Waals surface area contributed by atoms with Crippen LogP contribution < -0.4 is 0 Å². The minimum atomic E-state index is 0.108. The van der Waals surface area contributed by atoms with E-state index < -0.39 is 0 Å². The second-order valence-corrected chi connectivity index (χ2v) is 8.62. The Kier molecular flexibility index (Phi) is 4.26. The van der Waals surface area contributed by atoms with Gasteiger partial charge in [0.15, 0.2) is 5.70 Å². The smallest absolute Gasteiger partial charge is 0.153 e. The van der Waals surface area contributed by atoms with Crippen LogP contribution in [0.3, 0.4) is 0 Å². The first kappa shape index (κ1) is 16.6. The summed E-state index contributed by atoms with van der Waals surface area (Å²) >= 11 is 0. The van der Waals surface area contributed by atoms with Crippen molar-refractivity contribution in [2.24, 2.45) is 33.0 Å². The predicted octanol–water partition coefficient (Wildman–Crippen LogP) is 6.45. The van der Waals surface area contributed by atoms with E-state index in [4.69, 9.17) is 4.99 Å². The maximum absolute atomic E-state index is 5.06. The first-order valence-corrected chi connectivity index (χ1v) is 10.2. The fourth-order valence-electron chi connectivity index (χ4n) is 5.72. The molecule has 0 atom stereocenters. The number of aliphatic imine (C=N–C) groups is 1. The predicted molar refractivity (Wildman–Crippen MR) is 109 cm³/mol. The summed E-state index contributed by atoms with van der Waals surface area (Å²) in [5.74, 6) is 5.99. The Bertz CT molecular complexity index is 856. The maximum Gasteiger partial charge on any atom is 0.153 e. The van der Waals surface area contributed by atoms with Crippen molar-refractivity contribution < 1.29 is 0 Å². The monoisotopic (exact) mass is 355 g/mol. The van der Waals surface area contributed by atoms with Crippen molar-refractivity contribution in [3.05, 3.63) is 66.2 Å². The van der Waals surface area contributed by atoms with Gasteiger partial charge in [0.1, 0.15) is 0 Å². The zero-order valence-corrected chi connectivity index (χ0v) is 15.6. The normalized spacial score (nSPS) is 31.0. The van der Waals surface area contributed by atoms with Gasteiger partial charge in [-0.05, 0) is 68.4 Å². The lowest BCUT2D eigenvalue weighted by Crippen LogP contribution is -2.49. The minimum Gasteiger partial charge on any atom is -0.234 e. The number of hydrogen-bond donors (Lipinski definition) is 0. The van der Waals surface area contributed by atoms with Crippen LogP contribution in [0.25, 0.3) is 5.70 Å². The van der Waals surface area contributed by atoms with E-state index in [2.05, 4.69) is 28.2 Å². The van der Waals surface area contributed by atoms with Crippen LogP contribution in [-0.4, -0.2) is 11.4 Å². The van der Waals surface area contributed by atoms with E-state index in [9.17, 15) is 0 Å². The lowest BCUT2D eigenvalue weighted by atomic mass is 9.53. The molecular formula is C24H25N3. The third-order valence-corrected chi connectivity index (χ3v) is 6.47. The van der Waals surface area contributed by atoms with Crippen molar-refractivity contribution in [3.63, 3.8) is 0 Å². The molecule has 4 bridgehead atoms. The van der Waals surface area contributed by atoms with Crippen LogP contribution in [-0.2, 0) is 0 Å². The van der Waals surface area contributed by atoms with Crippen LogP contribution >= 0.6 is 0 Å². The van der Waals surface area contributed by atoms with Crippen molar-refractivity contribution >= 4 is 17.3 Å². The van der Waals surface area contributed by atoms with Crippen LogP contribution in [0.2, 0.25) is 0 Å². The second kappa shape index (κ2) is 6.90. The Hall–Kier alpha value is -2.51. The van der Waals surface area contributed by atoms with Crippen LogP contribution in [0.4, 0.5) is 5.69 Å². The summed E-state index contributed by atoms with van der Waals surface area (Å²) in [6.07, 6.45) is 8.00. The molecule has 2 aromatic carbocycles. The molecule has 0 N–H and O–H groups in total. The molecule has 0 spiro atoms. The largest absolute Gasteiger partial charge is 0.234 e. The molecular weight excluding hydrogens is 330 g/mol. The fraction of sp³-hybridized carbons (Fsp3) is 0.417. The number of nitrogens with zero attached hydrogens (tertiary/aromatic N) is 3. The zero-order valence-electron chi connectivity index (χ0n) is 15.6. The molecule has 6 rings (SSSR count). The lowest BCUT2D eigenvalue weighted by molar-refractivity contribution is 0.00205. The first-order valence-electron chi connectivity index (χ1n) is 10.2. The Morgan fingerprint density at radius 2 is 1.33 bits per heavy atom. The molecule has 0 aliphatic heterocycles. The number of rotatable bonds is 4. The van der Waals surface area contributed by atoms with Crippen LogP contribution in [0.1, 0.15) is 44.1 Å². The highest BCUT2D eigenvalue weighted by Gasteiger charge is 2.50. The van der Waals surface area contributed by atoms with E-state index in [1.165, 1.54) is 38.5 Å². The third-order valence-electron chi connectivity index (χ3n) is 6.47. The molecule has 27 heavy (non-hydrogen) atoms. The molecule has 4 aliphatic rings. The zero-order chi connectivity index (χ0) is 18.1. The standard InChI is InChI=1S/C24H25N3/c1-3-7-21(8-4-1)23(27-26-22-9-5-2-6-10-22)17-25-24-14-18-11-19(15-24)13-20(12-18)16-24/h1-10,18-20H,11-16H2. The number of azo groups is 1. The molecule has 3 heteroatoms. The van der Waals surface area contributed by atoms with Gasteiger partial charge >= 0.3 is 0 Å². The van der Waals surface area contributed by atoms with Crippen LogP contribution in [0.5, 0.6) is 0 Å². The van der Waals surface area contributed by atoms with Gasteiger partial charge in [-0.25, -0.2) is 4.99 Å². The molecule has 0 saturated heterocycles. The van der Waals surface area contributed by atoms with E-state index >= 15 is 0 Å². The molecule has 4 aliphatic carbocycles. The summed E-state index contributed by atoms with van der Waals surface area (Å²) in [7, 11) is 0. The highest BCUT2D eigenvalue weighted by molar-refractivity contribution is 5.89. The number of hydrogen-bond acceptors (Lipinski definition) is 3. The summed E-state index contributed by atoms with van der Waals surface area (Å²) in [4.78, 5) is 5.06. The Morgan fingerprint density at radius 3 is 1.93 bits per heavy atom. The van der Waals surface area contributed by atoms with Gasteiger partial charge in [-0.1, -0.05) is 48.5 Å². The van der Waals surface area contributed by atoms with E-state index in [0.29, 0.717) is 0 Å². The van der Waals surface area contributed by atoms with E-state index in [1.807, 2.05) is 48.5 Å². The van der Waals surface area contributed by atoms with Gasteiger partial charge in [-0.3, -0.25) is 0 Å². The molecule has 0 heterocycles. The third kappa shape index (κ3) is 3.52. The van der Waals surface area contributed by atoms with Gasteiger partial charge in [0.05, 0.1) is 11.2 Å². The molecule has 2 aromatic rings. The molecule has 136 valence electrons. The van der Waals surface area contributed by atoms with Crippen molar-refractivity contribution in [2.75, 3.05) is 0 Å². The summed E-state index contributed by atoms with van der Waals surface area (Å²) in [6, 6.07) is 20.0. The summed E-state index contributed by atoms with van der Waals surface area (Å²) in [5, 5.41) is 8.93. The Labute approximate surface area is 161 Å². The Morgan fingerprint density at radius 1 is 0.778 bits per heavy atom. The summed E-state index contributed by atoms with van der Waals surface area (Å²) < 4.78 is 0. The highest BCUT2D eigenvalue weighted by atomic mass is 15.1. The average Bonchev–Trinajstić information content (AvgIpc) is 2.68. The van der Waals surface area contributed by atoms with Gasteiger partial charge in [0.25, 0.3) is 0 Å². The molecule has 4 fully saturated rings. The quantitative estimate of drug-likeness (QED) is 0.446. The minimum absolute atomic E-state index is 0.108. The van der Waals surface area contributed by atoms with Crippen molar-refractivity contribution in [1.29, 1.82) is 0 Å². The van der Waals surface area contributed by atoms with Crippen molar-refractivity contribution in [1.82, 2.24) is 0 Å². The highest BCUT2D eigenvalue weighted by Crippen LogP contribution is 2.57. The molecule has 3 nitrogen and oxygen atoms in total.